The summed E-state index contributed by atoms with van der Waals surface area (Å²) in [5, 5.41) is 19.3. The molecule has 0 atom stereocenters. The van der Waals surface area contributed by atoms with E-state index >= 15 is 0 Å². The maximum atomic E-state index is 12.6. The maximum absolute atomic E-state index is 12.6. The van der Waals surface area contributed by atoms with Gasteiger partial charge in [-0.2, -0.15) is 0 Å². The number of nitrogens with one attached hydrogen (secondary N) is 1. The first-order valence-corrected chi connectivity index (χ1v) is 10.3. The third-order valence-electron chi connectivity index (χ3n) is 4.54. The molecule has 3 rings (SSSR count). The average Bonchev–Trinajstić information content (AvgIpc) is 2.68. The number of rotatable bonds is 5. The monoisotopic (exact) mass is 420 g/mol. The van der Waals surface area contributed by atoms with E-state index in [1.54, 1.807) is 6.92 Å². The average molecular weight is 420 g/mol. The first kappa shape index (κ1) is 20.7. The summed E-state index contributed by atoms with van der Waals surface area (Å²) in [7, 11) is -3.95. The Kier molecular flexibility index (Phi) is 5.82. The maximum Gasteiger partial charge on any atom is 0.293 e. The molecule has 1 heterocycles. The number of nitro benzene ring substituents is 1. The van der Waals surface area contributed by atoms with Crippen LogP contribution >= 0.6 is 0 Å². The minimum absolute atomic E-state index is 0.0754. The Morgan fingerprint density at radius 3 is 2.52 bits per heavy atom. The fourth-order valence-corrected chi connectivity index (χ4v) is 3.88. The van der Waals surface area contributed by atoms with Crippen LogP contribution in [-0.4, -0.2) is 45.6 Å². The van der Waals surface area contributed by atoms with Crippen LogP contribution in [0.15, 0.2) is 41.3 Å². The third-order valence-corrected chi connectivity index (χ3v) is 5.59. The van der Waals surface area contributed by atoms with E-state index in [4.69, 9.17) is 9.88 Å². The van der Waals surface area contributed by atoms with Gasteiger partial charge in [0, 0.05) is 30.4 Å². The summed E-state index contributed by atoms with van der Waals surface area (Å²) in [5.74, 6) is -0.606. The lowest BCUT2D eigenvalue weighted by Gasteiger charge is -2.28. The highest BCUT2D eigenvalue weighted by atomic mass is 32.2. The van der Waals surface area contributed by atoms with Gasteiger partial charge in [-0.15, -0.1) is 0 Å². The summed E-state index contributed by atoms with van der Waals surface area (Å²) < 4.78 is 28.6. The van der Waals surface area contributed by atoms with Gasteiger partial charge < -0.3 is 15.0 Å². The molecule has 154 valence electrons. The molecule has 0 bridgehead atoms. The van der Waals surface area contributed by atoms with Gasteiger partial charge >= 0.3 is 0 Å². The van der Waals surface area contributed by atoms with Crippen molar-refractivity contribution in [3.63, 3.8) is 0 Å². The molecule has 2 aromatic rings. The summed E-state index contributed by atoms with van der Waals surface area (Å²) in [5.41, 5.74) is 0.961. The minimum atomic E-state index is -3.95. The summed E-state index contributed by atoms with van der Waals surface area (Å²) in [6.07, 6.45) is 0. The van der Waals surface area contributed by atoms with E-state index in [1.165, 1.54) is 36.4 Å². The Morgan fingerprint density at radius 1 is 1.21 bits per heavy atom. The Hall–Kier alpha value is -3.02. The summed E-state index contributed by atoms with van der Waals surface area (Å²) in [4.78, 5) is 25.3. The minimum Gasteiger partial charge on any atom is -0.378 e. The van der Waals surface area contributed by atoms with E-state index in [1.807, 2.05) is 4.90 Å². The lowest BCUT2D eigenvalue weighted by Crippen LogP contribution is -2.36. The van der Waals surface area contributed by atoms with Crippen LogP contribution in [0.25, 0.3) is 0 Å². The zero-order valence-electron chi connectivity index (χ0n) is 15.6. The van der Waals surface area contributed by atoms with Crippen LogP contribution in [0.1, 0.15) is 15.9 Å². The van der Waals surface area contributed by atoms with Crippen molar-refractivity contribution in [3.05, 3.63) is 57.6 Å². The van der Waals surface area contributed by atoms with E-state index in [9.17, 15) is 23.3 Å². The molecule has 0 unspecified atom stereocenters. The van der Waals surface area contributed by atoms with Crippen molar-refractivity contribution in [2.24, 2.45) is 5.14 Å². The molecule has 1 fully saturated rings. The normalized spacial score (nSPS) is 14.5. The number of sulfonamides is 1. The van der Waals surface area contributed by atoms with Gasteiger partial charge in [0.25, 0.3) is 11.6 Å². The predicted molar refractivity (Wildman–Crippen MR) is 107 cm³/mol. The first-order chi connectivity index (χ1) is 13.7. The van der Waals surface area contributed by atoms with Gasteiger partial charge in [-0.1, -0.05) is 6.07 Å². The predicted octanol–water partition coefficient (Wildman–Crippen LogP) is 1.64. The second-order valence-electron chi connectivity index (χ2n) is 6.54. The van der Waals surface area contributed by atoms with Crippen molar-refractivity contribution < 1.29 is 22.9 Å². The van der Waals surface area contributed by atoms with Crippen LogP contribution in [0.4, 0.5) is 17.1 Å². The van der Waals surface area contributed by atoms with Crippen LogP contribution in [0.3, 0.4) is 0 Å². The molecule has 1 saturated heterocycles. The van der Waals surface area contributed by atoms with Gasteiger partial charge in [-0.05, 0) is 36.8 Å². The van der Waals surface area contributed by atoms with Crippen molar-refractivity contribution in [1.82, 2.24) is 0 Å². The molecule has 0 radical (unpaired) electrons. The van der Waals surface area contributed by atoms with Gasteiger partial charge in [0.15, 0.2) is 0 Å². The summed E-state index contributed by atoms with van der Waals surface area (Å²) >= 11 is 0. The molecule has 29 heavy (non-hydrogen) atoms. The number of morpholine rings is 1. The van der Waals surface area contributed by atoms with Crippen molar-refractivity contribution in [2.75, 3.05) is 36.5 Å². The number of amides is 1. The van der Waals surface area contributed by atoms with Crippen LogP contribution in [0, 0.1) is 17.0 Å². The lowest BCUT2D eigenvalue weighted by atomic mass is 10.1. The van der Waals surface area contributed by atoms with Crippen LogP contribution in [-0.2, 0) is 14.8 Å². The number of nitrogens with zero attached hydrogens (tertiary/aromatic N) is 2. The molecule has 11 heteroatoms. The number of ether oxygens (including phenoxy) is 1. The fourth-order valence-electron chi connectivity index (χ4n) is 3.07. The standard InChI is InChI=1S/C18H20N4O6S/c1-12-2-4-14(11-17(12)29(19,26)27)20-18(23)13-3-5-15(16(10-13)22(24)25)21-6-8-28-9-7-21/h2-5,10-11H,6-9H2,1H3,(H,20,23)(H2,19,26,27). The second kappa shape index (κ2) is 8.15. The quantitative estimate of drug-likeness (QED) is 0.552. The van der Waals surface area contributed by atoms with E-state index in [0.717, 1.165) is 0 Å². The van der Waals surface area contributed by atoms with Crippen molar-refractivity contribution in [2.45, 2.75) is 11.8 Å². The molecule has 1 aliphatic heterocycles. The number of carbonyl (C=O) groups is 1. The molecule has 2 aromatic carbocycles. The van der Waals surface area contributed by atoms with E-state index in [-0.39, 0.29) is 21.8 Å². The number of aryl methyl sites for hydroxylation is 1. The van der Waals surface area contributed by atoms with Crippen molar-refractivity contribution in [3.8, 4) is 0 Å². The molecule has 0 aromatic heterocycles. The van der Waals surface area contributed by atoms with E-state index in [0.29, 0.717) is 37.6 Å². The highest BCUT2D eigenvalue weighted by Crippen LogP contribution is 2.30. The van der Waals surface area contributed by atoms with Crippen LogP contribution in [0.5, 0.6) is 0 Å². The van der Waals surface area contributed by atoms with Gasteiger partial charge in [0.2, 0.25) is 10.0 Å². The first-order valence-electron chi connectivity index (χ1n) is 8.73. The molecule has 1 amide bonds. The van der Waals surface area contributed by atoms with E-state index < -0.39 is 20.9 Å². The van der Waals surface area contributed by atoms with Gasteiger partial charge in [-0.3, -0.25) is 14.9 Å². The van der Waals surface area contributed by atoms with Gasteiger partial charge in [-0.25, -0.2) is 13.6 Å². The lowest BCUT2D eigenvalue weighted by molar-refractivity contribution is -0.384. The fraction of sp³-hybridized carbons (Fsp3) is 0.278. The molecule has 10 nitrogen and oxygen atoms in total. The number of primary sulfonamides is 1. The number of anilines is 2. The Bertz CT molecular complexity index is 1060. The molecule has 0 saturated carbocycles. The molecular formula is C18H20N4O6S. The Labute approximate surface area is 167 Å². The molecule has 0 aliphatic carbocycles. The Morgan fingerprint density at radius 2 is 1.90 bits per heavy atom. The largest absolute Gasteiger partial charge is 0.378 e. The molecular weight excluding hydrogens is 400 g/mol. The highest BCUT2D eigenvalue weighted by molar-refractivity contribution is 7.89. The molecule has 1 aliphatic rings. The molecule has 3 N–H and O–H groups in total. The zero-order valence-corrected chi connectivity index (χ0v) is 16.4. The number of nitrogens with two attached hydrogens (primary N) is 1. The van der Waals surface area contributed by atoms with Crippen LogP contribution < -0.4 is 15.4 Å². The molecule has 0 spiro atoms. The second-order valence-corrected chi connectivity index (χ2v) is 8.07. The van der Waals surface area contributed by atoms with Gasteiger partial charge in [0.05, 0.1) is 23.0 Å². The zero-order chi connectivity index (χ0) is 21.2. The number of hydrogen-bond donors (Lipinski definition) is 2. The van der Waals surface area contributed by atoms with Crippen molar-refractivity contribution in [1.29, 1.82) is 0 Å². The number of benzene rings is 2. The van der Waals surface area contributed by atoms with E-state index in [2.05, 4.69) is 5.32 Å². The van der Waals surface area contributed by atoms with Crippen molar-refractivity contribution >= 4 is 33.0 Å². The SMILES string of the molecule is Cc1ccc(NC(=O)c2ccc(N3CCOCC3)c([N+](=O)[O-])c2)cc1S(N)(=O)=O. The summed E-state index contributed by atoms with van der Waals surface area (Å²) in [6.45, 7) is 3.57. The highest BCUT2D eigenvalue weighted by Gasteiger charge is 2.23. The summed E-state index contributed by atoms with van der Waals surface area (Å²) in [6, 6.07) is 8.51. The Balaban J connectivity index is 1.88. The smallest absolute Gasteiger partial charge is 0.293 e. The van der Waals surface area contributed by atoms with Crippen LogP contribution in [0.2, 0.25) is 0 Å². The number of carbonyl (C=O) groups excluding carboxylic acids is 1. The van der Waals surface area contributed by atoms with Gasteiger partial charge in [0.1, 0.15) is 5.69 Å². The topological polar surface area (TPSA) is 145 Å². The number of nitro groups is 1. The third kappa shape index (κ3) is 4.70. The number of hydrogen-bond acceptors (Lipinski definition) is 7.